The third kappa shape index (κ3) is 3.30. The van der Waals surface area contributed by atoms with Crippen LogP contribution in [0.1, 0.15) is 25.7 Å². The molecule has 1 atom stereocenters. The lowest BCUT2D eigenvalue weighted by Crippen LogP contribution is -2.40. The molecule has 0 amide bonds. The number of benzene rings is 1. The summed E-state index contributed by atoms with van der Waals surface area (Å²) in [5.41, 5.74) is 0.770. The van der Waals surface area contributed by atoms with Crippen LogP contribution in [0.3, 0.4) is 0 Å². The molecule has 1 aliphatic heterocycles. The van der Waals surface area contributed by atoms with Crippen LogP contribution in [0.5, 0.6) is 0 Å². The third-order valence-electron chi connectivity index (χ3n) is 3.63. The first-order valence-corrected chi connectivity index (χ1v) is 8.58. The van der Waals surface area contributed by atoms with E-state index in [1.807, 2.05) is 4.90 Å². The molecule has 0 spiro atoms. The summed E-state index contributed by atoms with van der Waals surface area (Å²) in [7, 11) is -3.22. The van der Waals surface area contributed by atoms with Crippen LogP contribution in [-0.4, -0.2) is 38.3 Å². The Labute approximate surface area is 119 Å². The van der Waals surface area contributed by atoms with Crippen molar-refractivity contribution in [1.82, 2.24) is 0 Å². The fourth-order valence-corrected chi connectivity index (χ4v) is 3.19. The number of hydrogen-bond acceptors (Lipinski definition) is 4. The highest BCUT2D eigenvalue weighted by Gasteiger charge is 2.27. The summed E-state index contributed by atoms with van der Waals surface area (Å²) in [6.07, 6.45) is 4.69. The molecule has 1 unspecified atom stereocenters. The van der Waals surface area contributed by atoms with Crippen LogP contribution in [0.2, 0.25) is 0 Å². The molecule has 0 saturated carbocycles. The Balaban J connectivity index is 2.30. The standard InChI is InChI=1S/C14H19NO4S/c1-20(18,19)12-8-6-11(7-9-12)15-10-4-2-3-5-13(15)14(16)17/h6-9,13H,2-5,10H2,1H3,(H,16,17). The maximum Gasteiger partial charge on any atom is 0.326 e. The van der Waals surface area contributed by atoms with Gasteiger partial charge in [-0.1, -0.05) is 12.8 Å². The second-order valence-corrected chi connectivity index (χ2v) is 7.18. The number of carboxylic acids is 1. The van der Waals surface area contributed by atoms with E-state index in [-0.39, 0.29) is 4.90 Å². The van der Waals surface area contributed by atoms with E-state index in [1.54, 1.807) is 12.1 Å². The van der Waals surface area contributed by atoms with Crippen LogP contribution in [0.15, 0.2) is 29.2 Å². The first-order valence-electron chi connectivity index (χ1n) is 6.69. The minimum absolute atomic E-state index is 0.253. The Morgan fingerprint density at radius 2 is 1.85 bits per heavy atom. The summed E-state index contributed by atoms with van der Waals surface area (Å²) < 4.78 is 22.9. The maximum absolute atomic E-state index is 11.4. The molecule has 2 rings (SSSR count). The number of sulfone groups is 1. The van der Waals surface area contributed by atoms with Gasteiger partial charge in [-0.25, -0.2) is 13.2 Å². The molecule has 110 valence electrons. The highest BCUT2D eigenvalue weighted by Crippen LogP contribution is 2.25. The molecule has 0 aliphatic carbocycles. The Bertz CT molecular complexity index is 580. The van der Waals surface area contributed by atoms with Crippen LogP contribution in [0.4, 0.5) is 5.69 Å². The van der Waals surface area contributed by atoms with Gasteiger partial charge in [0, 0.05) is 18.5 Å². The number of aliphatic carboxylic acids is 1. The van der Waals surface area contributed by atoms with Gasteiger partial charge >= 0.3 is 5.97 Å². The van der Waals surface area contributed by atoms with E-state index < -0.39 is 21.8 Å². The number of carboxylic acid groups (broad SMARTS) is 1. The molecule has 6 heteroatoms. The summed E-state index contributed by atoms with van der Waals surface area (Å²) in [5, 5.41) is 9.34. The van der Waals surface area contributed by atoms with E-state index in [9.17, 15) is 18.3 Å². The molecule has 1 saturated heterocycles. The van der Waals surface area contributed by atoms with E-state index in [2.05, 4.69) is 0 Å². The molecule has 1 aromatic rings. The van der Waals surface area contributed by atoms with Gasteiger partial charge in [-0.2, -0.15) is 0 Å². The average molecular weight is 297 g/mol. The zero-order valence-corrected chi connectivity index (χ0v) is 12.3. The number of anilines is 1. The fraction of sp³-hybridized carbons (Fsp3) is 0.500. The van der Waals surface area contributed by atoms with Crippen molar-refractivity contribution in [2.45, 2.75) is 36.6 Å². The first kappa shape index (κ1) is 14.8. The zero-order valence-electron chi connectivity index (χ0n) is 11.4. The summed E-state index contributed by atoms with van der Waals surface area (Å²) in [5.74, 6) is -0.820. The maximum atomic E-state index is 11.4. The predicted octanol–water partition coefficient (Wildman–Crippen LogP) is 1.92. The van der Waals surface area contributed by atoms with Crippen molar-refractivity contribution in [2.24, 2.45) is 0 Å². The predicted molar refractivity (Wildman–Crippen MR) is 76.8 cm³/mol. The van der Waals surface area contributed by atoms with E-state index in [4.69, 9.17) is 0 Å². The van der Waals surface area contributed by atoms with Gasteiger partial charge in [0.25, 0.3) is 0 Å². The van der Waals surface area contributed by atoms with E-state index >= 15 is 0 Å². The average Bonchev–Trinajstić information content (AvgIpc) is 2.63. The van der Waals surface area contributed by atoms with Gasteiger partial charge in [0.1, 0.15) is 6.04 Å². The molecule has 1 aliphatic rings. The van der Waals surface area contributed by atoms with Gasteiger partial charge in [-0.05, 0) is 37.1 Å². The zero-order chi connectivity index (χ0) is 14.8. The number of nitrogens with zero attached hydrogens (tertiary/aromatic N) is 1. The fourth-order valence-electron chi connectivity index (χ4n) is 2.56. The molecule has 0 bridgehead atoms. The lowest BCUT2D eigenvalue weighted by Gasteiger charge is -2.29. The Hall–Kier alpha value is -1.56. The van der Waals surface area contributed by atoms with Crippen LogP contribution in [0, 0.1) is 0 Å². The molecular formula is C14H19NO4S. The molecule has 0 radical (unpaired) electrons. The van der Waals surface area contributed by atoms with Gasteiger partial charge in [-0.3, -0.25) is 0 Å². The van der Waals surface area contributed by atoms with E-state index in [0.717, 1.165) is 31.2 Å². The van der Waals surface area contributed by atoms with Crippen molar-refractivity contribution in [3.63, 3.8) is 0 Å². The van der Waals surface area contributed by atoms with E-state index in [1.165, 1.54) is 12.1 Å². The molecule has 1 fully saturated rings. The van der Waals surface area contributed by atoms with Crippen molar-refractivity contribution in [2.75, 3.05) is 17.7 Å². The highest BCUT2D eigenvalue weighted by molar-refractivity contribution is 7.90. The van der Waals surface area contributed by atoms with Gasteiger partial charge in [0.2, 0.25) is 0 Å². The topological polar surface area (TPSA) is 74.7 Å². The van der Waals surface area contributed by atoms with Gasteiger partial charge in [0.15, 0.2) is 9.84 Å². The lowest BCUT2D eigenvalue weighted by atomic mass is 10.1. The van der Waals surface area contributed by atoms with E-state index in [0.29, 0.717) is 13.0 Å². The smallest absolute Gasteiger partial charge is 0.326 e. The van der Waals surface area contributed by atoms with Gasteiger partial charge < -0.3 is 10.0 Å². The quantitative estimate of drug-likeness (QED) is 0.922. The molecule has 20 heavy (non-hydrogen) atoms. The van der Waals surface area contributed by atoms with Crippen molar-refractivity contribution in [3.8, 4) is 0 Å². The summed E-state index contributed by atoms with van der Waals surface area (Å²) in [6, 6.07) is 5.93. The SMILES string of the molecule is CS(=O)(=O)c1ccc(N2CCCCCC2C(=O)O)cc1. The van der Waals surface area contributed by atoms with Crippen LogP contribution >= 0.6 is 0 Å². The molecule has 0 aromatic heterocycles. The van der Waals surface area contributed by atoms with Crippen LogP contribution < -0.4 is 4.90 Å². The Morgan fingerprint density at radius 1 is 1.20 bits per heavy atom. The van der Waals surface area contributed by atoms with Crippen molar-refractivity contribution in [3.05, 3.63) is 24.3 Å². The number of carbonyl (C=O) groups is 1. The van der Waals surface area contributed by atoms with Crippen molar-refractivity contribution >= 4 is 21.5 Å². The van der Waals surface area contributed by atoms with Gasteiger partial charge in [0.05, 0.1) is 4.90 Å². The lowest BCUT2D eigenvalue weighted by molar-refractivity contribution is -0.138. The normalized spacial score (nSPS) is 20.4. The molecule has 1 heterocycles. The monoisotopic (exact) mass is 297 g/mol. The van der Waals surface area contributed by atoms with Crippen molar-refractivity contribution in [1.29, 1.82) is 0 Å². The number of hydrogen-bond donors (Lipinski definition) is 1. The van der Waals surface area contributed by atoms with Crippen LogP contribution in [0.25, 0.3) is 0 Å². The minimum atomic E-state index is -3.22. The summed E-state index contributed by atoms with van der Waals surface area (Å²) >= 11 is 0. The third-order valence-corrected chi connectivity index (χ3v) is 4.76. The Kier molecular flexibility index (Phi) is 4.32. The molecule has 1 aromatic carbocycles. The summed E-state index contributed by atoms with van der Waals surface area (Å²) in [6.45, 7) is 0.690. The Morgan fingerprint density at radius 3 is 2.40 bits per heavy atom. The second-order valence-electron chi connectivity index (χ2n) is 5.16. The molecule has 1 N–H and O–H groups in total. The molecule has 5 nitrogen and oxygen atoms in total. The minimum Gasteiger partial charge on any atom is -0.480 e. The van der Waals surface area contributed by atoms with Crippen LogP contribution in [-0.2, 0) is 14.6 Å². The summed E-state index contributed by atoms with van der Waals surface area (Å²) in [4.78, 5) is 13.5. The largest absolute Gasteiger partial charge is 0.480 e. The van der Waals surface area contributed by atoms with Gasteiger partial charge in [-0.15, -0.1) is 0 Å². The van der Waals surface area contributed by atoms with Crippen molar-refractivity contribution < 1.29 is 18.3 Å². The number of rotatable bonds is 3. The highest BCUT2D eigenvalue weighted by atomic mass is 32.2. The first-order chi connectivity index (χ1) is 9.39. The second kappa shape index (κ2) is 5.83. The molecular weight excluding hydrogens is 278 g/mol.